The maximum Gasteiger partial charge on any atom is 0.187 e. The molecule has 19 heavy (non-hydrogen) atoms. The Labute approximate surface area is 112 Å². The minimum absolute atomic E-state index is 0.624. The topological polar surface area (TPSA) is 56.3 Å². The van der Waals surface area contributed by atoms with Crippen LogP contribution >= 0.6 is 0 Å². The molecule has 1 aromatic carbocycles. The summed E-state index contributed by atoms with van der Waals surface area (Å²) in [5.74, 6) is 2.10. The van der Waals surface area contributed by atoms with E-state index in [-0.39, 0.29) is 0 Å². The average Bonchev–Trinajstić information content (AvgIpc) is 2.47. The van der Waals surface area contributed by atoms with Crippen molar-refractivity contribution >= 4 is 5.82 Å². The van der Waals surface area contributed by atoms with E-state index < -0.39 is 0 Å². The van der Waals surface area contributed by atoms with Crippen LogP contribution in [0.3, 0.4) is 0 Å². The zero-order chi connectivity index (χ0) is 13.7. The van der Waals surface area contributed by atoms with Gasteiger partial charge in [-0.2, -0.15) is 0 Å². The zero-order valence-corrected chi connectivity index (χ0v) is 11.3. The van der Waals surface area contributed by atoms with Gasteiger partial charge in [0.05, 0.1) is 13.7 Å². The predicted molar refractivity (Wildman–Crippen MR) is 74.7 cm³/mol. The van der Waals surface area contributed by atoms with E-state index in [4.69, 9.17) is 9.47 Å². The summed E-state index contributed by atoms with van der Waals surface area (Å²) < 4.78 is 10.9. The highest BCUT2D eigenvalue weighted by molar-refractivity contribution is 5.73. The number of nitrogens with one attached hydrogen (secondary N) is 1. The first-order chi connectivity index (χ1) is 9.30. The van der Waals surface area contributed by atoms with Gasteiger partial charge in [0, 0.05) is 12.6 Å². The van der Waals surface area contributed by atoms with Crippen molar-refractivity contribution in [3.63, 3.8) is 0 Å². The van der Waals surface area contributed by atoms with Gasteiger partial charge in [-0.05, 0) is 19.1 Å². The standard InChI is InChI=1S/C14H17N3O2/c1-4-19-11-7-5-6-10(8-11)12-13(18-3)14(15-2)17-9-16-12/h5-9H,4H2,1-3H3,(H,15,16,17). The maximum atomic E-state index is 5.50. The highest BCUT2D eigenvalue weighted by atomic mass is 16.5. The summed E-state index contributed by atoms with van der Waals surface area (Å²) in [7, 11) is 3.40. The fraction of sp³-hybridized carbons (Fsp3) is 0.286. The van der Waals surface area contributed by atoms with E-state index in [9.17, 15) is 0 Å². The Morgan fingerprint density at radius 1 is 1.26 bits per heavy atom. The summed E-state index contributed by atoms with van der Waals surface area (Å²) in [6.07, 6.45) is 1.51. The number of ether oxygens (including phenoxy) is 2. The van der Waals surface area contributed by atoms with Crippen molar-refractivity contribution < 1.29 is 9.47 Å². The molecule has 0 unspecified atom stereocenters. The van der Waals surface area contributed by atoms with Crippen molar-refractivity contribution in [1.29, 1.82) is 0 Å². The second kappa shape index (κ2) is 6.04. The lowest BCUT2D eigenvalue weighted by molar-refractivity contribution is 0.340. The number of hydrogen-bond acceptors (Lipinski definition) is 5. The number of aromatic nitrogens is 2. The highest BCUT2D eigenvalue weighted by Gasteiger charge is 2.13. The highest BCUT2D eigenvalue weighted by Crippen LogP contribution is 2.33. The third kappa shape index (κ3) is 2.76. The average molecular weight is 259 g/mol. The molecule has 1 N–H and O–H groups in total. The van der Waals surface area contributed by atoms with Gasteiger partial charge in [0.2, 0.25) is 0 Å². The first-order valence-corrected chi connectivity index (χ1v) is 6.10. The van der Waals surface area contributed by atoms with Crippen molar-refractivity contribution in [2.45, 2.75) is 6.92 Å². The largest absolute Gasteiger partial charge is 0.494 e. The minimum Gasteiger partial charge on any atom is -0.494 e. The second-order valence-electron chi connectivity index (χ2n) is 3.81. The third-order valence-electron chi connectivity index (χ3n) is 2.66. The maximum absolute atomic E-state index is 5.50. The van der Waals surface area contributed by atoms with Gasteiger partial charge >= 0.3 is 0 Å². The Balaban J connectivity index is 2.49. The number of nitrogens with zero attached hydrogens (tertiary/aromatic N) is 2. The van der Waals surface area contributed by atoms with Gasteiger partial charge < -0.3 is 14.8 Å². The molecule has 1 heterocycles. The van der Waals surface area contributed by atoms with E-state index in [1.54, 1.807) is 14.2 Å². The molecular weight excluding hydrogens is 242 g/mol. The molecule has 0 bridgehead atoms. The number of hydrogen-bond donors (Lipinski definition) is 1. The molecule has 0 amide bonds. The molecule has 0 aliphatic heterocycles. The van der Waals surface area contributed by atoms with Crippen LogP contribution in [0.1, 0.15) is 6.92 Å². The van der Waals surface area contributed by atoms with E-state index in [0.717, 1.165) is 17.0 Å². The molecule has 100 valence electrons. The smallest absolute Gasteiger partial charge is 0.187 e. The van der Waals surface area contributed by atoms with E-state index in [0.29, 0.717) is 18.2 Å². The van der Waals surface area contributed by atoms with Gasteiger partial charge in [0.1, 0.15) is 17.8 Å². The van der Waals surface area contributed by atoms with Gasteiger partial charge in [-0.3, -0.25) is 0 Å². The van der Waals surface area contributed by atoms with Crippen molar-refractivity contribution in [2.24, 2.45) is 0 Å². The summed E-state index contributed by atoms with van der Waals surface area (Å²) in [5, 5.41) is 2.99. The van der Waals surface area contributed by atoms with Crippen molar-refractivity contribution in [1.82, 2.24) is 9.97 Å². The lowest BCUT2D eigenvalue weighted by Crippen LogP contribution is -2.00. The molecule has 0 fully saturated rings. The minimum atomic E-state index is 0.624. The Hall–Kier alpha value is -2.30. The van der Waals surface area contributed by atoms with Crippen LogP contribution in [0.4, 0.5) is 5.82 Å². The van der Waals surface area contributed by atoms with Gasteiger partial charge in [0.25, 0.3) is 0 Å². The predicted octanol–water partition coefficient (Wildman–Crippen LogP) is 2.59. The Bertz CT molecular complexity index is 558. The normalized spacial score (nSPS) is 10.1. The molecule has 1 aromatic heterocycles. The Morgan fingerprint density at radius 3 is 2.79 bits per heavy atom. The molecule has 0 saturated heterocycles. The van der Waals surface area contributed by atoms with Gasteiger partial charge in [-0.15, -0.1) is 0 Å². The van der Waals surface area contributed by atoms with Crippen molar-refractivity contribution in [3.8, 4) is 22.8 Å². The van der Waals surface area contributed by atoms with Crippen LogP contribution in [0, 0.1) is 0 Å². The van der Waals surface area contributed by atoms with Crippen molar-refractivity contribution in [3.05, 3.63) is 30.6 Å². The van der Waals surface area contributed by atoms with Crippen LogP contribution in [0.5, 0.6) is 11.5 Å². The summed E-state index contributed by atoms with van der Waals surface area (Å²) in [4.78, 5) is 8.43. The number of methoxy groups -OCH3 is 1. The summed E-state index contributed by atoms with van der Waals surface area (Å²) >= 11 is 0. The summed E-state index contributed by atoms with van der Waals surface area (Å²) in [6.45, 7) is 2.59. The monoisotopic (exact) mass is 259 g/mol. The lowest BCUT2D eigenvalue weighted by atomic mass is 10.1. The first-order valence-electron chi connectivity index (χ1n) is 6.10. The van der Waals surface area contributed by atoms with Crippen LogP contribution in [0.2, 0.25) is 0 Å². The molecule has 2 aromatic rings. The van der Waals surface area contributed by atoms with E-state index in [2.05, 4.69) is 15.3 Å². The molecule has 5 heteroatoms. The Morgan fingerprint density at radius 2 is 2.11 bits per heavy atom. The van der Waals surface area contributed by atoms with Gasteiger partial charge in [0.15, 0.2) is 11.6 Å². The van der Waals surface area contributed by atoms with Crippen molar-refractivity contribution in [2.75, 3.05) is 26.1 Å². The van der Waals surface area contributed by atoms with E-state index in [1.165, 1.54) is 6.33 Å². The fourth-order valence-electron chi connectivity index (χ4n) is 1.85. The molecule has 0 radical (unpaired) electrons. The summed E-state index contributed by atoms with van der Waals surface area (Å²) in [5.41, 5.74) is 1.67. The zero-order valence-electron chi connectivity index (χ0n) is 11.3. The molecule has 0 aliphatic carbocycles. The van der Waals surface area contributed by atoms with Crippen LogP contribution in [0.25, 0.3) is 11.3 Å². The van der Waals surface area contributed by atoms with E-state index >= 15 is 0 Å². The third-order valence-corrected chi connectivity index (χ3v) is 2.66. The molecule has 0 saturated carbocycles. The lowest BCUT2D eigenvalue weighted by Gasteiger charge is -2.12. The SMILES string of the molecule is CCOc1cccc(-c2ncnc(NC)c2OC)c1. The first kappa shape index (κ1) is 13.1. The number of benzene rings is 1. The van der Waals surface area contributed by atoms with Gasteiger partial charge in [-0.1, -0.05) is 12.1 Å². The molecular formula is C14H17N3O2. The number of anilines is 1. The van der Waals surface area contributed by atoms with Crippen LogP contribution in [0.15, 0.2) is 30.6 Å². The van der Waals surface area contributed by atoms with E-state index in [1.807, 2.05) is 31.2 Å². The molecule has 2 rings (SSSR count). The molecule has 0 spiro atoms. The second-order valence-corrected chi connectivity index (χ2v) is 3.81. The molecule has 0 aliphatic rings. The quantitative estimate of drug-likeness (QED) is 0.894. The van der Waals surface area contributed by atoms with Crippen LogP contribution in [-0.2, 0) is 0 Å². The van der Waals surface area contributed by atoms with Gasteiger partial charge in [-0.25, -0.2) is 9.97 Å². The molecule has 5 nitrogen and oxygen atoms in total. The molecule has 0 atom stereocenters. The van der Waals surface area contributed by atoms with Crippen LogP contribution in [-0.4, -0.2) is 30.7 Å². The number of rotatable bonds is 5. The summed E-state index contributed by atoms with van der Waals surface area (Å²) in [6, 6.07) is 7.75. The van der Waals surface area contributed by atoms with Crippen LogP contribution < -0.4 is 14.8 Å². The Kier molecular flexibility index (Phi) is 4.18. The fourth-order valence-corrected chi connectivity index (χ4v) is 1.85.